The second kappa shape index (κ2) is 6.00. The van der Waals surface area contributed by atoms with Crippen molar-refractivity contribution in [3.63, 3.8) is 0 Å². The van der Waals surface area contributed by atoms with E-state index in [1.54, 1.807) is 6.07 Å². The van der Waals surface area contributed by atoms with E-state index in [1.807, 2.05) is 13.1 Å². The molecule has 2 nitrogen and oxygen atoms in total. The van der Waals surface area contributed by atoms with Gasteiger partial charge in [-0.3, -0.25) is 4.90 Å². The van der Waals surface area contributed by atoms with Crippen LogP contribution in [0.15, 0.2) is 18.2 Å². The fourth-order valence-electron chi connectivity index (χ4n) is 2.95. The second-order valence-corrected chi connectivity index (χ2v) is 5.28. The zero-order chi connectivity index (χ0) is 13.1. The van der Waals surface area contributed by atoms with E-state index in [9.17, 15) is 4.39 Å². The van der Waals surface area contributed by atoms with Gasteiger partial charge < -0.3 is 5.32 Å². The van der Waals surface area contributed by atoms with Gasteiger partial charge >= 0.3 is 0 Å². The summed E-state index contributed by atoms with van der Waals surface area (Å²) >= 11 is 5.83. The van der Waals surface area contributed by atoms with Crippen LogP contribution in [0.4, 0.5) is 4.39 Å². The van der Waals surface area contributed by atoms with Gasteiger partial charge in [-0.15, -0.1) is 0 Å². The Balaban J connectivity index is 2.31. The predicted molar refractivity (Wildman–Crippen MR) is 73.4 cm³/mol. The number of benzene rings is 1. The lowest BCUT2D eigenvalue weighted by Gasteiger charge is -2.28. The molecule has 1 fully saturated rings. The van der Waals surface area contributed by atoms with Gasteiger partial charge in [-0.25, -0.2) is 4.39 Å². The van der Waals surface area contributed by atoms with Crippen molar-refractivity contribution < 1.29 is 4.39 Å². The molecule has 4 heteroatoms. The van der Waals surface area contributed by atoms with Crippen molar-refractivity contribution in [2.45, 2.75) is 19.4 Å². The van der Waals surface area contributed by atoms with Gasteiger partial charge in [0.25, 0.3) is 0 Å². The molecule has 100 valence electrons. The summed E-state index contributed by atoms with van der Waals surface area (Å²) in [5.74, 6) is 0.277. The van der Waals surface area contributed by atoms with Crippen LogP contribution in [-0.4, -0.2) is 31.6 Å². The van der Waals surface area contributed by atoms with Gasteiger partial charge in [-0.2, -0.15) is 0 Å². The van der Waals surface area contributed by atoms with Gasteiger partial charge in [-0.05, 0) is 51.2 Å². The zero-order valence-electron chi connectivity index (χ0n) is 10.9. The summed E-state index contributed by atoms with van der Waals surface area (Å²) < 4.78 is 14.1. The molecule has 0 amide bonds. The summed E-state index contributed by atoms with van der Waals surface area (Å²) in [6.45, 7) is 5.04. The van der Waals surface area contributed by atoms with Gasteiger partial charge in [0.1, 0.15) is 5.82 Å². The molecule has 1 aliphatic heterocycles. The maximum Gasteiger partial charge on any atom is 0.129 e. The largest absolute Gasteiger partial charge is 0.319 e. The molecule has 0 spiro atoms. The highest BCUT2D eigenvalue weighted by Gasteiger charge is 2.35. The van der Waals surface area contributed by atoms with Crippen LogP contribution < -0.4 is 5.32 Å². The zero-order valence-corrected chi connectivity index (χ0v) is 11.7. The van der Waals surface area contributed by atoms with Gasteiger partial charge in [0.05, 0.1) is 0 Å². The number of nitrogens with one attached hydrogen (secondary N) is 1. The Morgan fingerprint density at radius 3 is 2.89 bits per heavy atom. The molecule has 2 atom stereocenters. The Bertz CT molecular complexity index is 411. The van der Waals surface area contributed by atoms with E-state index in [1.165, 1.54) is 6.07 Å². The van der Waals surface area contributed by atoms with E-state index in [0.29, 0.717) is 10.9 Å². The van der Waals surface area contributed by atoms with Crippen LogP contribution in [0.2, 0.25) is 5.02 Å². The third-order valence-corrected chi connectivity index (χ3v) is 4.02. The summed E-state index contributed by atoms with van der Waals surface area (Å²) in [6.07, 6.45) is 1.11. The molecule has 1 aromatic rings. The van der Waals surface area contributed by atoms with Crippen molar-refractivity contribution in [3.8, 4) is 0 Å². The third-order valence-electron chi connectivity index (χ3n) is 3.78. The summed E-state index contributed by atoms with van der Waals surface area (Å²) in [5.41, 5.74) is 0.777. The van der Waals surface area contributed by atoms with Crippen molar-refractivity contribution in [3.05, 3.63) is 34.6 Å². The average Bonchev–Trinajstić information content (AvgIpc) is 2.73. The molecule has 0 radical (unpaired) electrons. The summed E-state index contributed by atoms with van der Waals surface area (Å²) in [4.78, 5) is 2.34. The first-order valence-electron chi connectivity index (χ1n) is 6.51. The van der Waals surface area contributed by atoms with Crippen molar-refractivity contribution in [2.24, 2.45) is 5.92 Å². The van der Waals surface area contributed by atoms with Crippen molar-refractivity contribution in [1.82, 2.24) is 10.2 Å². The van der Waals surface area contributed by atoms with Crippen LogP contribution in [0.25, 0.3) is 0 Å². The number of likely N-dealkylation sites (tertiary alicyclic amines) is 1. The van der Waals surface area contributed by atoms with E-state index in [0.717, 1.165) is 31.6 Å². The fraction of sp³-hybridized carbons (Fsp3) is 0.571. The molecule has 0 bridgehead atoms. The average molecular weight is 271 g/mol. The van der Waals surface area contributed by atoms with Crippen molar-refractivity contribution in [2.75, 3.05) is 26.7 Å². The Kier molecular flexibility index (Phi) is 4.60. The Morgan fingerprint density at radius 1 is 1.50 bits per heavy atom. The molecule has 0 aliphatic carbocycles. The van der Waals surface area contributed by atoms with E-state index in [-0.39, 0.29) is 11.9 Å². The molecule has 0 saturated carbocycles. The minimum Gasteiger partial charge on any atom is -0.319 e. The van der Waals surface area contributed by atoms with E-state index >= 15 is 0 Å². The Morgan fingerprint density at radius 2 is 2.28 bits per heavy atom. The van der Waals surface area contributed by atoms with Gasteiger partial charge in [-0.1, -0.05) is 24.6 Å². The SMILES string of the molecule is CCN1CCC(CNC)C1c1ccc(Cl)cc1F. The summed E-state index contributed by atoms with van der Waals surface area (Å²) in [5, 5.41) is 3.67. The molecule has 1 saturated heterocycles. The normalized spacial score (nSPS) is 24.7. The molecule has 1 heterocycles. The maximum absolute atomic E-state index is 14.1. The fourth-order valence-corrected chi connectivity index (χ4v) is 3.11. The van der Waals surface area contributed by atoms with E-state index in [4.69, 9.17) is 11.6 Å². The smallest absolute Gasteiger partial charge is 0.129 e. The third kappa shape index (κ3) is 2.68. The molecule has 18 heavy (non-hydrogen) atoms. The molecule has 2 unspecified atom stereocenters. The molecular weight excluding hydrogens is 251 g/mol. The van der Waals surface area contributed by atoms with E-state index in [2.05, 4.69) is 17.1 Å². The van der Waals surface area contributed by atoms with E-state index < -0.39 is 0 Å². The lowest BCUT2D eigenvalue weighted by atomic mass is 9.93. The highest BCUT2D eigenvalue weighted by molar-refractivity contribution is 6.30. The lowest BCUT2D eigenvalue weighted by molar-refractivity contribution is 0.233. The summed E-state index contributed by atoms with van der Waals surface area (Å²) in [6, 6.07) is 5.20. The number of halogens is 2. The van der Waals surface area contributed by atoms with Crippen molar-refractivity contribution in [1.29, 1.82) is 0 Å². The van der Waals surface area contributed by atoms with Gasteiger partial charge in [0, 0.05) is 16.6 Å². The highest BCUT2D eigenvalue weighted by Crippen LogP contribution is 2.38. The quantitative estimate of drug-likeness (QED) is 0.905. The number of hydrogen-bond donors (Lipinski definition) is 1. The topological polar surface area (TPSA) is 15.3 Å². The van der Waals surface area contributed by atoms with Gasteiger partial charge in [0.15, 0.2) is 0 Å². The van der Waals surface area contributed by atoms with Crippen LogP contribution in [0.5, 0.6) is 0 Å². The minimum absolute atomic E-state index is 0.166. The maximum atomic E-state index is 14.1. The van der Waals surface area contributed by atoms with Crippen LogP contribution >= 0.6 is 11.6 Å². The molecular formula is C14H20ClFN2. The number of nitrogens with zero attached hydrogens (tertiary/aromatic N) is 1. The standard InChI is InChI=1S/C14H20ClFN2/c1-3-18-7-6-10(9-17-2)14(18)12-5-4-11(15)8-13(12)16/h4-5,8,10,14,17H,3,6-7,9H2,1-2H3. The Hall–Kier alpha value is -0.640. The van der Waals surface area contributed by atoms with Crippen LogP contribution in [0, 0.1) is 11.7 Å². The van der Waals surface area contributed by atoms with Crippen LogP contribution in [0.1, 0.15) is 24.9 Å². The number of rotatable bonds is 4. The lowest BCUT2D eigenvalue weighted by Crippen LogP contribution is -2.29. The Labute approximate surface area is 113 Å². The molecule has 1 N–H and O–H groups in total. The molecule has 2 rings (SSSR count). The molecule has 1 aromatic carbocycles. The predicted octanol–water partition coefficient (Wildman–Crippen LogP) is 3.08. The summed E-state index contributed by atoms with van der Waals surface area (Å²) in [7, 11) is 1.95. The molecule has 0 aromatic heterocycles. The van der Waals surface area contributed by atoms with Crippen molar-refractivity contribution >= 4 is 11.6 Å². The first kappa shape index (κ1) is 13.8. The first-order valence-corrected chi connectivity index (χ1v) is 6.88. The minimum atomic E-state index is -0.186. The monoisotopic (exact) mass is 270 g/mol. The molecule has 1 aliphatic rings. The van der Waals surface area contributed by atoms with Crippen LogP contribution in [-0.2, 0) is 0 Å². The highest BCUT2D eigenvalue weighted by atomic mass is 35.5. The number of hydrogen-bond acceptors (Lipinski definition) is 2. The van der Waals surface area contributed by atoms with Crippen LogP contribution in [0.3, 0.4) is 0 Å². The second-order valence-electron chi connectivity index (χ2n) is 4.85. The first-order chi connectivity index (χ1) is 8.67. The van der Waals surface area contributed by atoms with Gasteiger partial charge in [0.2, 0.25) is 0 Å².